The van der Waals surface area contributed by atoms with Crippen molar-refractivity contribution < 1.29 is 37.7 Å². The number of methoxy groups -OCH3 is 1. The number of carbonyl (C=O) groups is 3. The number of benzene rings is 1. The van der Waals surface area contributed by atoms with Gasteiger partial charge < -0.3 is 30.4 Å². The Morgan fingerprint density at radius 2 is 1.93 bits per heavy atom. The summed E-state index contributed by atoms with van der Waals surface area (Å²) in [6.45, 7) is 0.126. The molecule has 2 aliphatic rings. The number of pyridine rings is 1. The molecule has 1 atom stereocenters. The second-order valence-electron chi connectivity index (χ2n) is 5.92. The van der Waals surface area contributed by atoms with Crippen LogP contribution in [0.15, 0.2) is 18.2 Å². The van der Waals surface area contributed by atoms with Crippen LogP contribution in [0.1, 0.15) is 28.6 Å². The van der Waals surface area contributed by atoms with Crippen LogP contribution in [0.2, 0.25) is 5.02 Å². The van der Waals surface area contributed by atoms with E-state index < -0.39 is 57.6 Å². The predicted octanol–water partition coefficient (Wildman–Crippen LogP) is 1.27. The van der Waals surface area contributed by atoms with E-state index in [0.29, 0.717) is 5.69 Å². The SMILES string of the molecule is COc1cccc(C(CCN)Oc2c3c(Cl)c(F)c(c2C(N)=O)OC(=O)C(=O)O3)n1. The molecule has 2 aliphatic heterocycles. The molecule has 1 aromatic carbocycles. The fraction of sp³-hybridized carbons (Fsp3) is 0.222. The number of primary amides is 1. The number of rotatable bonds is 7. The van der Waals surface area contributed by atoms with Crippen LogP contribution in [0.5, 0.6) is 23.1 Å². The van der Waals surface area contributed by atoms with Crippen molar-refractivity contribution >= 4 is 29.4 Å². The molecule has 0 spiro atoms. The van der Waals surface area contributed by atoms with Gasteiger partial charge >= 0.3 is 11.9 Å². The van der Waals surface area contributed by atoms with Crippen LogP contribution in [0.25, 0.3) is 0 Å². The van der Waals surface area contributed by atoms with Gasteiger partial charge in [-0.25, -0.2) is 19.0 Å². The first kappa shape index (κ1) is 21.3. The Morgan fingerprint density at radius 1 is 1.27 bits per heavy atom. The molecule has 1 amide bonds. The van der Waals surface area contributed by atoms with Crippen molar-refractivity contribution in [1.29, 1.82) is 0 Å². The number of esters is 2. The van der Waals surface area contributed by atoms with Gasteiger partial charge in [-0.1, -0.05) is 17.7 Å². The second kappa shape index (κ2) is 8.51. The van der Waals surface area contributed by atoms with E-state index >= 15 is 0 Å². The minimum atomic E-state index is -1.56. The first-order chi connectivity index (χ1) is 14.3. The van der Waals surface area contributed by atoms with E-state index in [1.165, 1.54) is 7.11 Å². The number of amides is 1. The smallest absolute Gasteiger partial charge is 0.423 e. The van der Waals surface area contributed by atoms with Crippen LogP contribution in [-0.4, -0.2) is 36.5 Å². The Balaban J connectivity index is 2.20. The summed E-state index contributed by atoms with van der Waals surface area (Å²) in [5, 5.41) is -0.740. The fourth-order valence-corrected chi connectivity index (χ4v) is 2.91. The van der Waals surface area contributed by atoms with Crippen LogP contribution in [-0.2, 0) is 9.59 Å². The Labute approximate surface area is 173 Å². The third kappa shape index (κ3) is 3.84. The molecule has 12 heteroatoms. The second-order valence-corrected chi connectivity index (χ2v) is 6.30. The summed E-state index contributed by atoms with van der Waals surface area (Å²) in [4.78, 5) is 39.8. The van der Waals surface area contributed by atoms with Crippen molar-refractivity contribution in [2.45, 2.75) is 12.5 Å². The number of aromatic nitrogens is 1. The zero-order valence-corrected chi connectivity index (χ0v) is 16.2. The molecule has 2 bridgehead atoms. The van der Waals surface area contributed by atoms with Gasteiger partial charge in [0.1, 0.15) is 16.7 Å². The lowest BCUT2D eigenvalue weighted by Crippen LogP contribution is -2.31. The van der Waals surface area contributed by atoms with Gasteiger partial charge in [0.15, 0.2) is 23.1 Å². The Bertz CT molecular complexity index is 1050. The molecule has 0 radical (unpaired) electrons. The Kier molecular flexibility index (Phi) is 6.04. The van der Waals surface area contributed by atoms with E-state index in [1.807, 2.05) is 0 Å². The summed E-state index contributed by atoms with van der Waals surface area (Å²) in [5.41, 5.74) is 10.7. The number of nitrogens with zero attached hydrogens (tertiary/aromatic N) is 1. The summed E-state index contributed by atoms with van der Waals surface area (Å²) >= 11 is 5.92. The van der Waals surface area contributed by atoms with Crippen molar-refractivity contribution in [3.05, 3.63) is 40.3 Å². The van der Waals surface area contributed by atoms with E-state index in [9.17, 15) is 18.8 Å². The average molecular weight is 440 g/mol. The predicted molar refractivity (Wildman–Crippen MR) is 99.0 cm³/mol. The van der Waals surface area contributed by atoms with E-state index in [4.69, 9.17) is 37.3 Å². The minimum Gasteiger partial charge on any atom is -0.481 e. The van der Waals surface area contributed by atoms with Gasteiger partial charge in [0.05, 0.1) is 12.8 Å². The molecule has 3 heterocycles. The lowest BCUT2D eigenvalue weighted by atomic mass is 10.1. The maximum absolute atomic E-state index is 14.6. The lowest BCUT2D eigenvalue weighted by molar-refractivity contribution is -0.156. The monoisotopic (exact) mass is 439 g/mol. The van der Waals surface area contributed by atoms with Gasteiger partial charge in [0, 0.05) is 12.5 Å². The Hall–Kier alpha value is -3.44. The van der Waals surface area contributed by atoms with Crippen molar-refractivity contribution in [1.82, 2.24) is 4.98 Å². The molecule has 0 saturated heterocycles. The third-order valence-electron chi connectivity index (χ3n) is 4.03. The van der Waals surface area contributed by atoms with E-state index in [2.05, 4.69) is 9.72 Å². The van der Waals surface area contributed by atoms with E-state index in [1.54, 1.807) is 18.2 Å². The maximum Gasteiger partial charge on any atom is 0.423 e. The summed E-state index contributed by atoms with van der Waals surface area (Å²) < 4.78 is 34.9. The largest absolute Gasteiger partial charge is 0.481 e. The fourth-order valence-electron chi connectivity index (χ4n) is 2.70. The molecule has 0 fully saturated rings. The molecule has 0 aliphatic carbocycles. The van der Waals surface area contributed by atoms with Gasteiger partial charge in [0.2, 0.25) is 5.88 Å². The summed E-state index contributed by atoms with van der Waals surface area (Å²) in [7, 11) is 1.42. The average Bonchev–Trinajstić information content (AvgIpc) is 2.72. The van der Waals surface area contributed by atoms with Gasteiger partial charge in [-0.05, 0) is 12.6 Å². The van der Waals surface area contributed by atoms with Gasteiger partial charge in [-0.15, -0.1) is 0 Å². The van der Waals surface area contributed by atoms with Crippen molar-refractivity contribution in [2.24, 2.45) is 11.5 Å². The molecule has 4 N–H and O–H groups in total. The molecule has 2 aromatic rings. The molecular formula is C18H15ClFN3O7. The number of fused-ring (bicyclic) bond motifs is 5. The minimum absolute atomic E-state index is 0.126. The van der Waals surface area contributed by atoms with Crippen molar-refractivity contribution in [3.63, 3.8) is 0 Å². The van der Waals surface area contributed by atoms with Gasteiger partial charge in [-0.3, -0.25) is 4.79 Å². The summed E-state index contributed by atoms with van der Waals surface area (Å²) in [5.74, 6) is -7.45. The van der Waals surface area contributed by atoms with Gasteiger partial charge in [-0.2, -0.15) is 0 Å². The standard InChI is InChI=1S/C18H15ClFN3O7/c1-27-9-4-2-3-7(23-9)8(5-6-21)28-14-10(16(22)24)13-12(20)11(19)15(14)30-18(26)17(25)29-13/h2-4,8H,5-6,21H2,1H3,(H2,22,24). The highest BCUT2D eigenvalue weighted by Crippen LogP contribution is 2.48. The lowest BCUT2D eigenvalue weighted by Gasteiger charge is -2.25. The van der Waals surface area contributed by atoms with Crippen LogP contribution >= 0.6 is 11.6 Å². The molecule has 1 aromatic heterocycles. The molecule has 10 nitrogen and oxygen atoms in total. The number of hydrogen-bond donors (Lipinski definition) is 2. The number of halogens is 2. The molecule has 1 unspecified atom stereocenters. The highest BCUT2D eigenvalue weighted by Gasteiger charge is 2.38. The van der Waals surface area contributed by atoms with Crippen LogP contribution in [0.3, 0.4) is 0 Å². The zero-order chi connectivity index (χ0) is 22.0. The van der Waals surface area contributed by atoms with Crippen LogP contribution in [0, 0.1) is 5.82 Å². The normalized spacial score (nSPS) is 13.7. The van der Waals surface area contributed by atoms with E-state index in [-0.39, 0.29) is 18.8 Å². The number of carbonyl (C=O) groups excluding carboxylic acids is 3. The van der Waals surface area contributed by atoms with E-state index in [0.717, 1.165) is 0 Å². The first-order valence-electron chi connectivity index (χ1n) is 8.44. The van der Waals surface area contributed by atoms with Crippen molar-refractivity contribution in [2.75, 3.05) is 13.7 Å². The number of hydrogen-bond acceptors (Lipinski definition) is 9. The summed E-state index contributed by atoms with van der Waals surface area (Å²) in [6, 6.07) is 4.82. The highest BCUT2D eigenvalue weighted by molar-refractivity contribution is 6.36. The molecule has 4 rings (SSSR count). The quantitative estimate of drug-likeness (QED) is 0.369. The van der Waals surface area contributed by atoms with Crippen molar-refractivity contribution in [3.8, 4) is 23.1 Å². The molecular weight excluding hydrogens is 425 g/mol. The highest BCUT2D eigenvalue weighted by atomic mass is 35.5. The van der Waals surface area contributed by atoms with Gasteiger partial charge in [0.25, 0.3) is 5.91 Å². The number of ether oxygens (including phenoxy) is 4. The summed E-state index contributed by atoms with van der Waals surface area (Å²) in [6.07, 6.45) is -0.735. The first-order valence-corrected chi connectivity index (χ1v) is 8.82. The number of nitrogens with two attached hydrogens (primary N) is 2. The third-order valence-corrected chi connectivity index (χ3v) is 4.36. The molecule has 0 saturated carbocycles. The molecule has 158 valence electrons. The Morgan fingerprint density at radius 3 is 2.53 bits per heavy atom. The maximum atomic E-state index is 14.6. The zero-order valence-electron chi connectivity index (χ0n) is 15.4. The topological polar surface area (TPSA) is 153 Å². The molecule has 30 heavy (non-hydrogen) atoms. The van der Waals surface area contributed by atoms with Crippen LogP contribution in [0.4, 0.5) is 4.39 Å². The van der Waals surface area contributed by atoms with Crippen LogP contribution < -0.4 is 30.4 Å².